The predicted octanol–water partition coefficient (Wildman–Crippen LogP) is 1.71. The molecule has 0 aliphatic carbocycles. The summed E-state index contributed by atoms with van der Waals surface area (Å²) < 4.78 is 3.91. The third-order valence-electron chi connectivity index (χ3n) is 3.30. The van der Waals surface area contributed by atoms with E-state index in [2.05, 4.69) is 25.2 Å². The van der Waals surface area contributed by atoms with Gasteiger partial charge in [0, 0.05) is 17.7 Å². The number of rotatable bonds is 3. The topological polar surface area (TPSA) is 109 Å². The summed E-state index contributed by atoms with van der Waals surface area (Å²) in [5.41, 5.74) is 4.38. The van der Waals surface area contributed by atoms with E-state index in [1.54, 1.807) is 17.1 Å². The zero-order valence-electron chi connectivity index (χ0n) is 11.7. The van der Waals surface area contributed by atoms with E-state index < -0.39 is 4.92 Å². The molecule has 3 heterocycles. The van der Waals surface area contributed by atoms with Gasteiger partial charge < -0.3 is 0 Å². The molecule has 2 aliphatic rings. The van der Waals surface area contributed by atoms with Crippen molar-refractivity contribution in [3.8, 4) is 0 Å². The number of hydrogen-bond donors (Lipinski definition) is 1. The molecule has 2 aliphatic heterocycles. The second kappa shape index (κ2) is 5.28. The van der Waals surface area contributed by atoms with Crippen LogP contribution in [0.15, 0.2) is 34.5 Å². The lowest BCUT2D eigenvalue weighted by Crippen LogP contribution is -2.30. The number of nitrogens with one attached hydrogen (secondary N) is 1. The van der Waals surface area contributed by atoms with Gasteiger partial charge in [-0.05, 0) is 18.5 Å². The molecule has 1 aromatic heterocycles. The van der Waals surface area contributed by atoms with E-state index in [-0.39, 0.29) is 11.2 Å². The van der Waals surface area contributed by atoms with Gasteiger partial charge in [-0.1, -0.05) is 28.4 Å². The van der Waals surface area contributed by atoms with Crippen molar-refractivity contribution in [1.29, 1.82) is 0 Å². The molecule has 1 N–H and O–H groups in total. The Balaban J connectivity index is 1.67. The summed E-state index contributed by atoms with van der Waals surface area (Å²) >= 11 is 2.71. The van der Waals surface area contributed by atoms with E-state index in [9.17, 15) is 10.1 Å². The highest BCUT2D eigenvalue weighted by atomic mass is 32.2. The molecule has 9 nitrogen and oxygen atoms in total. The number of amidine groups is 1. The first-order valence-corrected chi connectivity index (χ1v) is 8.20. The monoisotopic (exact) mass is 347 g/mol. The van der Waals surface area contributed by atoms with Crippen LogP contribution in [-0.4, -0.2) is 35.9 Å². The minimum Gasteiger partial charge on any atom is -0.274 e. The molecule has 0 saturated carbocycles. The molecule has 23 heavy (non-hydrogen) atoms. The van der Waals surface area contributed by atoms with Crippen LogP contribution in [0, 0.1) is 17.0 Å². The van der Waals surface area contributed by atoms with Gasteiger partial charge in [-0.25, -0.2) is 5.01 Å². The SMILES string of the molecule is Cc1nnsc1C1=NNC2SC(c3cccc([N+](=O)[O-])c3)=NN12. The first-order valence-electron chi connectivity index (χ1n) is 6.55. The minimum absolute atomic E-state index is 0.0437. The molecule has 0 bridgehead atoms. The Morgan fingerprint density at radius 1 is 1.43 bits per heavy atom. The molecule has 4 rings (SSSR count). The van der Waals surface area contributed by atoms with Crippen LogP contribution in [0.1, 0.15) is 16.1 Å². The smallest absolute Gasteiger partial charge is 0.270 e. The lowest BCUT2D eigenvalue weighted by molar-refractivity contribution is -0.384. The summed E-state index contributed by atoms with van der Waals surface area (Å²) in [6.07, 6.45) is 0. The molecular formula is C12H9N7O2S2. The molecule has 0 spiro atoms. The largest absolute Gasteiger partial charge is 0.274 e. The summed E-state index contributed by atoms with van der Waals surface area (Å²) in [5.74, 6) is 0.662. The molecule has 2 aromatic rings. The first-order chi connectivity index (χ1) is 11.1. The van der Waals surface area contributed by atoms with Crippen LogP contribution in [0.2, 0.25) is 0 Å². The molecular weight excluding hydrogens is 338 g/mol. The zero-order valence-corrected chi connectivity index (χ0v) is 13.3. The molecule has 1 unspecified atom stereocenters. The van der Waals surface area contributed by atoms with Crippen molar-refractivity contribution < 1.29 is 4.92 Å². The molecule has 116 valence electrons. The summed E-state index contributed by atoms with van der Waals surface area (Å²) in [4.78, 5) is 11.4. The fourth-order valence-electron chi connectivity index (χ4n) is 2.21. The summed E-state index contributed by atoms with van der Waals surface area (Å²) in [6, 6.07) is 6.43. The minimum atomic E-state index is -0.414. The van der Waals surface area contributed by atoms with Crippen molar-refractivity contribution in [1.82, 2.24) is 20.0 Å². The first kappa shape index (κ1) is 14.1. The Hall–Kier alpha value is -2.53. The van der Waals surface area contributed by atoms with Crippen LogP contribution in [0.3, 0.4) is 0 Å². The molecule has 1 aromatic carbocycles. The van der Waals surface area contributed by atoms with Gasteiger partial charge in [0.05, 0.1) is 10.6 Å². The summed E-state index contributed by atoms with van der Waals surface area (Å²) in [5, 5.41) is 26.2. The number of thioether (sulfide) groups is 1. The van der Waals surface area contributed by atoms with Crippen LogP contribution in [0.4, 0.5) is 5.69 Å². The van der Waals surface area contributed by atoms with Gasteiger partial charge >= 0.3 is 0 Å². The van der Waals surface area contributed by atoms with Crippen molar-refractivity contribution in [2.45, 2.75) is 12.4 Å². The third kappa shape index (κ3) is 2.33. The predicted molar refractivity (Wildman–Crippen MR) is 87.2 cm³/mol. The Bertz CT molecular complexity index is 863. The number of nitrogens with zero attached hydrogens (tertiary/aromatic N) is 6. The number of aryl methyl sites for hydroxylation is 1. The van der Waals surface area contributed by atoms with Crippen molar-refractivity contribution in [2.75, 3.05) is 0 Å². The standard InChI is InChI=1S/C12H9N7O2S2/c1-6-9(23-17-13-6)10-14-15-12-18(10)16-11(22-12)7-3-2-4-8(5-7)19(20)21/h2-5,12,15H,1H3. The summed E-state index contributed by atoms with van der Waals surface area (Å²) in [7, 11) is 0. The number of hydrazone groups is 2. The zero-order chi connectivity index (χ0) is 16.0. The average Bonchev–Trinajstić information content (AvgIpc) is 3.22. The van der Waals surface area contributed by atoms with E-state index in [4.69, 9.17) is 0 Å². The fraction of sp³-hybridized carbons (Fsp3) is 0.167. The summed E-state index contributed by atoms with van der Waals surface area (Å²) in [6.45, 7) is 1.86. The Morgan fingerprint density at radius 3 is 3.04 bits per heavy atom. The van der Waals surface area contributed by atoms with Gasteiger partial charge in [0.15, 0.2) is 11.3 Å². The van der Waals surface area contributed by atoms with Crippen molar-refractivity contribution >= 4 is 39.9 Å². The Labute approximate surface area is 138 Å². The van der Waals surface area contributed by atoms with E-state index >= 15 is 0 Å². The van der Waals surface area contributed by atoms with E-state index in [1.165, 1.54) is 35.4 Å². The quantitative estimate of drug-likeness (QED) is 0.665. The van der Waals surface area contributed by atoms with Gasteiger partial charge in [0.2, 0.25) is 0 Å². The van der Waals surface area contributed by atoms with Gasteiger partial charge in [-0.2, -0.15) is 10.2 Å². The second-order valence-electron chi connectivity index (χ2n) is 4.78. The Kier molecular flexibility index (Phi) is 3.23. The molecule has 0 radical (unpaired) electrons. The second-order valence-corrected chi connectivity index (χ2v) is 6.60. The van der Waals surface area contributed by atoms with Gasteiger partial charge in [-0.3, -0.25) is 15.5 Å². The van der Waals surface area contributed by atoms with Crippen LogP contribution in [0.25, 0.3) is 0 Å². The number of nitro groups is 1. The Morgan fingerprint density at radius 2 is 2.30 bits per heavy atom. The van der Waals surface area contributed by atoms with Gasteiger partial charge in [-0.15, -0.1) is 5.10 Å². The number of benzene rings is 1. The average molecular weight is 347 g/mol. The lowest BCUT2D eigenvalue weighted by Gasteiger charge is -2.12. The molecule has 0 amide bonds. The number of aromatic nitrogens is 2. The van der Waals surface area contributed by atoms with Crippen LogP contribution in [0.5, 0.6) is 0 Å². The fourth-order valence-corrected chi connectivity index (χ4v) is 3.81. The highest BCUT2D eigenvalue weighted by Crippen LogP contribution is 2.34. The number of non-ortho nitro benzene ring substituents is 1. The van der Waals surface area contributed by atoms with Crippen LogP contribution >= 0.6 is 23.3 Å². The van der Waals surface area contributed by atoms with Crippen molar-refractivity contribution in [3.63, 3.8) is 0 Å². The van der Waals surface area contributed by atoms with E-state index in [0.717, 1.165) is 10.6 Å². The molecule has 1 atom stereocenters. The highest BCUT2D eigenvalue weighted by molar-refractivity contribution is 8.15. The van der Waals surface area contributed by atoms with Crippen LogP contribution in [-0.2, 0) is 0 Å². The molecule has 0 saturated heterocycles. The van der Waals surface area contributed by atoms with Gasteiger partial charge in [0.1, 0.15) is 9.92 Å². The lowest BCUT2D eigenvalue weighted by atomic mass is 10.2. The maximum absolute atomic E-state index is 10.9. The number of nitro benzene ring substituents is 1. The maximum atomic E-state index is 10.9. The highest BCUT2D eigenvalue weighted by Gasteiger charge is 2.38. The van der Waals surface area contributed by atoms with Crippen molar-refractivity contribution in [3.05, 3.63) is 50.5 Å². The third-order valence-corrected chi connectivity index (χ3v) is 5.19. The van der Waals surface area contributed by atoms with Crippen LogP contribution < -0.4 is 5.43 Å². The maximum Gasteiger partial charge on any atom is 0.270 e. The van der Waals surface area contributed by atoms with Crippen molar-refractivity contribution in [2.24, 2.45) is 10.2 Å². The molecule has 11 heteroatoms. The van der Waals surface area contributed by atoms with E-state index in [0.29, 0.717) is 16.4 Å². The molecule has 0 fully saturated rings. The number of fused-ring (bicyclic) bond motifs is 1. The van der Waals surface area contributed by atoms with E-state index in [1.807, 2.05) is 6.92 Å². The van der Waals surface area contributed by atoms with Gasteiger partial charge in [0.25, 0.3) is 5.69 Å². The normalized spacial score (nSPS) is 19.2. The number of hydrogen-bond acceptors (Lipinski definition) is 10.